The van der Waals surface area contributed by atoms with Crippen molar-refractivity contribution in [3.63, 3.8) is 0 Å². The highest BCUT2D eigenvalue weighted by Crippen LogP contribution is 2.26. The molecule has 4 nitrogen and oxygen atoms in total. The SMILES string of the molecule is CC(C)(C)C(=O)C1CCCN1C(=O)O. The van der Waals surface area contributed by atoms with Crippen LogP contribution in [0.15, 0.2) is 0 Å². The van der Waals surface area contributed by atoms with Gasteiger partial charge in [-0.15, -0.1) is 0 Å². The summed E-state index contributed by atoms with van der Waals surface area (Å²) in [5, 5.41) is 8.87. The molecule has 1 atom stereocenters. The van der Waals surface area contributed by atoms with Gasteiger partial charge >= 0.3 is 6.09 Å². The van der Waals surface area contributed by atoms with Crippen LogP contribution in [0.1, 0.15) is 33.6 Å². The van der Waals surface area contributed by atoms with Crippen molar-refractivity contribution >= 4 is 11.9 Å². The van der Waals surface area contributed by atoms with Gasteiger partial charge in [0.2, 0.25) is 0 Å². The summed E-state index contributed by atoms with van der Waals surface area (Å²) in [6.45, 7) is 5.97. The number of carboxylic acid groups (broad SMARTS) is 1. The predicted molar refractivity (Wildman–Crippen MR) is 52.2 cm³/mol. The molecule has 1 aliphatic heterocycles. The fraction of sp³-hybridized carbons (Fsp3) is 0.800. The second-order valence-corrected chi connectivity index (χ2v) is 4.75. The molecule has 0 spiro atoms. The van der Waals surface area contributed by atoms with Gasteiger partial charge < -0.3 is 5.11 Å². The number of carbonyl (C=O) groups excluding carboxylic acids is 1. The molecule has 0 saturated carbocycles. The van der Waals surface area contributed by atoms with E-state index in [0.29, 0.717) is 13.0 Å². The Balaban J connectivity index is 2.77. The third-order valence-electron chi connectivity index (χ3n) is 2.54. The van der Waals surface area contributed by atoms with E-state index in [2.05, 4.69) is 0 Å². The van der Waals surface area contributed by atoms with Crippen molar-refractivity contribution in [2.45, 2.75) is 39.7 Å². The van der Waals surface area contributed by atoms with Gasteiger partial charge in [-0.3, -0.25) is 9.69 Å². The van der Waals surface area contributed by atoms with E-state index in [1.807, 2.05) is 20.8 Å². The summed E-state index contributed by atoms with van der Waals surface area (Å²) in [4.78, 5) is 24.0. The standard InChI is InChI=1S/C10H17NO3/c1-10(2,3)8(12)7-5-4-6-11(7)9(13)14/h7H,4-6H2,1-3H3,(H,13,14). The van der Waals surface area contributed by atoms with Crippen molar-refractivity contribution in [2.24, 2.45) is 5.41 Å². The zero-order valence-electron chi connectivity index (χ0n) is 8.91. The van der Waals surface area contributed by atoms with Gasteiger partial charge in [0.25, 0.3) is 0 Å². The van der Waals surface area contributed by atoms with Gasteiger partial charge in [-0.1, -0.05) is 20.8 Å². The average Bonchev–Trinajstić information content (AvgIpc) is 2.48. The minimum atomic E-state index is -0.981. The first kappa shape index (κ1) is 11.0. The topological polar surface area (TPSA) is 57.6 Å². The van der Waals surface area contributed by atoms with Crippen LogP contribution in [0, 0.1) is 5.41 Å². The average molecular weight is 199 g/mol. The van der Waals surface area contributed by atoms with Crippen LogP contribution >= 0.6 is 0 Å². The molecular formula is C10H17NO3. The summed E-state index contributed by atoms with van der Waals surface area (Å²) >= 11 is 0. The van der Waals surface area contributed by atoms with E-state index in [1.165, 1.54) is 4.90 Å². The van der Waals surface area contributed by atoms with E-state index in [0.717, 1.165) is 6.42 Å². The number of likely N-dealkylation sites (tertiary alicyclic amines) is 1. The van der Waals surface area contributed by atoms with Gasteiger partial charge in [-0.25, -0.2) is 4.79 Å². The molecule has 0 aromatic heterocycles. The minimum absolute atomic E-state index is 0.0254. The fourth-order valence-corrected chi connectivity index (χ4v) is 1.77. The van der Waals surface area contributed by atoms with Crippen LogP contribution in [0.2, 0.25) is 0 Å². The van der Waals surface area contributed by atoms with Crippen molar-refractivity contribution in [2.75, 3.05) is 6.54 Å². The number of amides is 1. The quantitative estimate of drug-likeness (QED) is 0.699. The van der Waals surface area contributed by atoms with Gasteiger partial charge in [-0.05, 0) is 12.8 Å². The van der Waals surface area contributed by atoms with Crippen LogP contribution in [-0.4, -0.2) is 34.5 Å². The Hall–Kier alpha value is -1.06. The van der Waals surface area contributed by atoms with Crippen LogP contribution in [0.25, 0.3) is 0 Å². The molecule has 1 N–H and O–H groups in total. The highest BCUT2D eigenvalue weighted by molar-refractivity contribution is 5.91. The minimum Gasteiger partial charge on any atom is -0.465 e. The van der Waals surface area contributed by atoms with E-state index in [1.54, 1.807) is 0 Å². The monoisotopic (exact) mass is 199 g/mol. The summed E-state index contributed by atoms with van der Waals surface area (Å²) in [7, 11) is 0. The Bertz CT molecular complexity index is 255. The Morgan fingerprint density at radius 1 is 1.36 bits per heavy atom. The highest BCUT2D eigenvalue weighted by atomic mass is 16.4. The predicted octanol–water partition coefficient (Wildman–Crippen LogP) is 1.74. The number of carbonyl (C=O) groups is 2. The number of rotatable bonds is 1. The maximum atomic E-state index is 11.9. The summed E-state index contributed by atoms with van der Waals surface area (Å²) in [5.74, 6) is 0.0254. The first-order valence-electron chi connectivity index (χ1n) is 4.88. The zero-order chi connectivity index (χ0) is 10.9. The molecule has 80 valence electrons. The summed E-state index contributed by atoms with van der Waals surface area (Å²) in [5.41, 5.74) is -0.456. The first-order chi connectivity index (χ1) is 6.34. The van der Waals surface area contributed by atoms with Crippen LogP contribution < -0.4 is 0 Å². The lowest BCUT2D eigenvalue weighted by Gasteiger charge is -2.26. The van der Waals surface area contributed by atoms with E-state index in [-0.39, 0.29) is 5.78 Å². The molecule has 0 bridgehead atoms. The molecular weight excluding hydrogens is 182 g/mol. The molecule has 0 aromatic carbocycles. The van der Waals surface area contributed by atoms with Crippen LogP contribution in [0.5, 0.6) is 0 Å². The molecule has 1 aliphatic rings. The smallest absolute Gasteiger partial charge is 0.407 e. The number of ketones is 1. The summed E-state index contributed by atoms with van der Waals surface area (Å²) < 4.78 is 0. The van der Waals surface area contributed by atoms with Crippen molar-refractivity contribution in [3.8, 4) is 0 Å². The van der Waals surface area contributed by atoms with Gasteiger partial charge in [0.1, 0.15) is 0 Å². The molecule has 1 heterocycles. The van der Waals surface area contributed by atoms with Gasteiger partial charge in [0, 0.05) is 12.0 Å². The molecule has 0 radical (unpaired) electrons. The van der Waals surface area contributed by atoms with Crippen LogP contribution in [0.4, 0.5) is 4.79 Å². The maximum Gasteiger partial charge on any atom is 0.407 e. The van der Waals surface area contributed by atoms with Crippen molar-refractivity contribution in [1.82, 2.24) is 4.90 Å². The number of hydrogen-bond acceptors (Lipinski definition) is 2. The van der Waals surface area contributed by atoms with Crippen LogP contribution in [0.3, 0.4) is 0 Å². The normalized spacial score (nSPS) is 22.5. The Kier molecular flexibility index (Phi) is 2.83. The number of nitrogens with zero attached hydrogens (tertiary/aromatic N) is 1. The molecule has 1 saturated heterocycles. The van der Waals surface area contributed by atoms with Crippen molar-refractivity contribution in [1.29, 1.82) is 0 Å². The first-order valence-corrected chi connectivity index (χ1v) is 4.88. The molecule has 14 heavy (non-hydrogen) atoms. The van der Waals surface area contributed by atoms with Crippen molar-refractivity contribution < 1.29 is 14.7 Å². The molecule has 1 amide bonds. The van der Waals surface area contributed by atoms with Gasteiger partial charge in [-0.2, -0.15) is 0 Å². The second-order valence-electron chi connectivity index (χ2n) is 4.75. The molecule has 4 heteroatoms. The summed E-state index contributed by atoms with van der Waals surface area (Å²) in [6.07, 6.45) is 0.478. The molecule has 1 rings (SSSR count). The second kappa shape index (κ2) is 3.59. The Morgan fingerprint density at radius 3 is 2.36 bits per heavy atom. The van der Waals surface area contributed by atoms with Gasteiger partial charge in [0.05, 0.1) is 6.04 Å². The molecule has 1 unspecified atom stereocenters. The highest BCUT2D eigenvalue weighted by Gasteiger charge is 2.38. The lowest BCUT2D eigenvalue weighted by atomic mass is 9.85. The lowest BCUT2D eigenvalue weighted by Crippen LogP contribution is -2.44. The Labute approximate surface area is 83.9 Å². The zero-order valence-corrected chi connectivity index (χ0v) is 8.91. The third-order valence-corrected chi connectivity index (χ3v) is 2.54. The van der Waals surface area contributed by atoms with Crippen molar-refractivity contribution in [3.05, 3.63) is 0 Å². The molecule has 0 aliphatic carbocycles. The molecule has 1 fully saturated rings. The largest absolute Gasteiger partial charge is 0.465 e. The van der Waals surface area contributed by atoms with Crippen LogP contribution in [-0.2, 0) is 4.79 Å². The number of Topliss-reactive ketones (excluding diaryl/α,β-unsaturated/α-hetero) is 1. The summed E-state index contributed by atoms with van der Waals surface area (Å²) in [6, 6.07) is -0.424. The molecule has 0 aromatic rings. The van der Waals surface area contributed by atoms with E-state index in [4.69, 9.17) is 5.11 Å². The third kappa shape index (κ3) is 2.05. The van der Waals surface area contributed by atoms with E-state index < -0.39 is 17.6 Å². The number of hydrogen-bond donors (Lipinski definition) is 1. The maximum absolute atomic E-state index is 11.9. The lowest BCUT2D eigenvalue weighted by molar-refractivity contribution is -0.130. The van der Waals surface area contributed by atoms with Gasteiger partial charge in [0.15, 0.2) is 5.78 Å². The van der Waals surface area contributed by atoms with E-state index in [9.17, 15) is 9.59 Å². The fourth-order valence-electron chi connectivity index (χ4n) is 1.77. The Morgan fingerprint density at radius 2 is 1.93 bits per heavy atom. The van der Waals surface area contributed by atoms with E-state index >= 15 is 0 Å².